The third kappa shape index (κ3) is 6.61. The van der Waals surface area contributed by atoms with E-state index in [2.05, 4.69) is 5.32 Å². The second-order valence-corrected chi connectivity index (χ2v) is 4.50. The Morgan fingerprint density at radius 1 is 1.29 bits per heavy atom. The average molecular weight is 300 g/mol. The summed E-state index contributed by atoms with van der Waals surface area (Å²) in [4.78, 5) is 9.91. The number of nitro benzene ring substituents is 1. The second-order valence-electron chi connectivity index (χ2n) is 4.50. The molecule has 1 rings (SSSR count). The van der Waals surface area contributed by atoms with Gasteiger partial charge in [0.15, 0.2) is 0 Å². The Morgan fingerprint density at radius 3 is 2.81 bits per heavy atom. The average Bonchev–Trinajstić information content (AvgIpc) is 2.46. The summed E-state index contributed by atoms with van der Waals surface area (Å²) in [5.41, 5.74) is -0.179. The molecule has 0 atom stereocenters. The van der Waals surface area contributed by atoms with Crippen molar-refractivity contribution in [3.05, 3.63) is 39.7 Å². The fourth-order valence-electron chi connectivity index (χ4n) is 1.77. The van der Waals surface area contributed by atoms with E-state index < -0.39 is 16.4 Å². The molecule has 0 radical (unpaired) electrons. The van der Waals surface area contributed by atoms with Gasteiger partial charge >= 0.3 is 5.69 Å². The van der Waals surface area contributed by atoms with Gasteiger partial charge in [-0.2, -0.15) is 4.39 Å². The molecule has 0 aliphatic rings. The Bertz CT molecular complexity index is 443. The van der Waals surface area contributed by atoms with Crippen LogP contribution in [0.1, 0.15) is 18.4 Å². The molecule has 0 aliphatic carbocycles. The van der Waals surface area contributed by atoms with E-state index in [4.69, 9.17) is 9.47 Å². The second kappa shape index (κ2) is 10.2. The van der Waals surface area contributed by atoms with Crippen molar-refractivity contribution in [1.82, 2.24) is 5.32 Å². The lowest BCUT2D eigenvalue weighted by atomic mass is 10.2. The minimum atomic E-state index is -0.766. The first-order valence-corrected chi connectivity index (χ1v) is 6.86. The van der Waals surface area contributed by atoms with Crippen LogP contribution in [0.25, 0.3) is 0 Å². The highest BCUT2D eigenvalue weighted by Crippen LogP contribution is 2.19. The maximum absolute atomic E-state index is 13.8. The lowest BCUT2D eigenvalue weighted by molar-refractivity contribution is -0.387. The van der Waals surface area contributed by atoms with Crippen molar-refractivity contribution in [2.75, 3.05) is 33.5 Å². The summed E-state index contributed by atoms with van der Waals surface area (Å²) in [6.45, 7) is 2.82. The molecule has 0 aromatic heterocycles. The largest absolute Gasteiger partial charge is 0.382 e. The molecule has 0 heterocycles. The van der Waals surface area contributed by atoms with Crippen molar-refractivity contribution >= 4 is 5.69 Å². The van der Waals surface area contributed by atoms with Crippen molar-refractivity contribution in [2.24, 2.45) is 0 Å². The highest BCUT2D eigenvalue weighted by Gasteiger charge is 2.16. The van der Waals surface area contributed by atoms with Crippen molar-refractivity contribution in [3.8, 4) is 0 Å². The highest BCUT2D eigenvalue weighted by molar-refractivity contribution is 5.36. The van der Waals surface area contributed by atoms with E-state index >= 15 is 0 Å². The number of ether oxygens (including phenoxy) is 2. The number of methoxy groups -OCH3 is 1. The summed E-state index contributed by atoms with van der Waals surface area (Å²) in [7, 11) is 1.63. The smallest absolute Gasteiger partial charge is 0.305 e. The van der Waals surface area contributed by atoms with Gasteiger partial charge in [0.25, 0.3) is 0 Å². The zero-order chi connectivity index (χ0) is 15.5. The van der Waals surface area contributed by atoms with E-state index in [0.29, 0.717) is 31.9 Å². The number of benzene rings is 1. The Labute approximate surface area is 123 Å². The minimum absolute atomic E-state index is 0.276. The van der Waals surface area contributed by atoms with E-state index in [-0.39, 0.29) is 6.54 Å². The van der Waals surface area contributed by atoms with Crippen molar-refractivity contribution in [3.63, 3.8) is 0 Å². The van der Waals surface area contributed by atoms with Gasteiger partial charge in [0.05, 0.1) is 18.1 Å². The van der Waals surface area contributed by atoms with Crippen LogP contribution in [0.3, 0.4) is 0 Å². The van der Waals surface area contributed by atoms with Crippen LogP contribution in [0, 0.1) is 15.9 Å². The van der Waals surface area contributed by atoms with Crippen LogP contribution in [0.15, 0.2) is 18.2 Å². The topological polar surface area (TPSA) is 73.6 Å². The summed E-state index contributed by atoms with van der Waals surface area (Å²) >= 11 is 0. The molecule has 118 valence electrons. The van der Waals surface area contributed by atoms with Crippen LogP contribution >= 0.6 is 0 Å². The molecule has 0 amide bonds. The highest BCUT2D eigenvalue weighted by atomic mass is 19.1. The molecule has 0 saturated carbocycles. The maximum Gasteiger partial charge on any atom is 0.305 e. The van der Waals surface area contributed by atoms with Crippen molar-refractivity contribution < 1.29 is 18.8 Å². The van der Waals surface area contributed by atoms with Gasteiger partial charge in [-0.25, -0.2) is 0 Å². The predicted octanol–water partition coefficient (Wildman–Crippen LogP) is 2.27. The number of hydrogen-bond donors (Lipinski definition) is 1. The zero-order valence-electron chi connectivity index (χ0n) is 12.1. The first-order chi connectivity index (χ1) is 10.2. The summed E-state index contributed by atoms with van der Waals surface area (Å²) in [5, 5.41) is 13.7. The number of hydrogen-bond acceptors (Lipinski definition) is 5. The number of nitrogens with zero attached hydrogens (tertiary/aromatic N) is 1. The van der Waals surface area contributed by atoms with Gasteiger partial charge in [-0.05, 0) is 19.4 Å². The summed E-state index contributed by atoms with van der Waals surface area (Å²) in [6, 6.07) is 4.20. The molecule has 1 aromatic rings. The van der Waals surface area contributed by atoms with Gasteiger partial charge in [0.2, 0.25) is 5.82 Å². The van der Waals surface area contributed by atoms with E-state index in [1.807, 2.05) is 0 Å². The van der Waals surface area contributed by atoms with Gasteiger partial charge in [-0.3, -0.25) is 10.1 Å². The molecule has 0 spiro atoms. The van der Waals surface area contributed by atoms with Gasteiger partial charge in [0.1, 0.15) is 0 Å². The molecule has 6 nitrogen and oxygen atoms in total. The number of nitrogens with one attached hydrogen (secondary N) is 1. The van der Waals surface area contributed by atoms with Crippen LogP contribution in [-0.2, 0) is 16.0 Å². The maximum atomic E-state index is 13.8. The molecule has 7 heteroatoms. The zero-order valence-corrected chi connectivity index (χ0v) is 12.1. The monoisotopic (exact) mass is 300 g/mol. The molecular formula is C14H21FN2O4. The Hall–Kier alpha value is -1.57. The lowest BCUT2D eigenvalue weighted by Crippen LogP contribution is -2.16. The van der Waals surface area contributed by atoms with Gasteiger partial charge in [-0.1, -0.05) is 12.1 Å². The number of halogens is 1. The lowest BCUT2D eigenvalue weighted by Gasteiger charge is -2.07. The number of unbranched alkanes of at least 4 members (excludes halogenated alkanes) is 1. The minimum Gasteiger partial charge on any atom is -0.382 e. The molecule has 0 aliphatic heterocycles. The molecule has 1 N–H and O–H groups in total. The first-order valence-electron chi connectivity index (χ1n) is 6.86. The fraction of sp³-hybridized carbons (Fsp3) is 0.571. The summed E-state index contributed by atoms with van der Waals surface area (Å²) in [6.07, 6.45) is 1.79. The first kappa shape index (κ1) is 17.5. The molecule has 21 heavy (non-hydrogen) atoms. The molecule has 0 unspecified atom stereocenters. The third-order valence-electron chi connectivity index (χ3n) is 2.89. The van der Waals surface area contributed by atoms with Crippen LogP contribution in [0.4, 0.5) is 10.1 Å². The van der Waals surface area contributed by atoms with Gasteiger partial charge < -0.3 is 14.8 Å². The summed E-state index contributed by atoms with van der Waals surface area (Å²) in [5.74, 6) is -0.766. The van der Waals surface area contributed by atoms with E-state index in [1.165, 1.54) is 6.07 Å². The normalized spacial score (nSPS) is 10.8. The Morgan fingerprint density at radius 2 is 2.10 bits per heavy atom. The SMILES string of the molecule is COCCOCCCCNCc1cccc([N+](=O)[O-])c1F. The fourth-order valence-corrected chi connectivity index (χ4v) is 1.77. The Balaban J connectivity index is 2.19. The van der Waals surface area contributed by atoms with Gasteiger partial charge in [-0.15, -0.1) is 0 Å². The van der Waals surface area contributed by atoms with Crippen LogP contribution in [0.5, 0.6) is 0 Å². The molecule has 1 aromatic carbocycles. The van der Waals surface area contributed by atoms with E-state index in [1.54, 1.807) is 13.2 Å². The molecule has 0 saturated heterocycles. The van der Waals surface area contributed by atoms with Crippen LogP contribution in [0.2, 0.25) is 0 Å². The third-order valence-corrected chi connectivity index (χ3v) is 2.89. The standard InChI is InChI=1S/C14H21FN2O4/c1-20-9-10-21-8-3-2-7-16-11-12-5-4-6-13(14(12)15)17(18)19/h4-6,16H,2-3,7-11H2,1H3. The van der Waals surface area contributed by atoms with E-state index in [0.717, 1.165) is 18.9 Å². The summed E-state index contributed by atoms with van der Waals surface area (Å²) < 4.78 is 23.9. The van der Waals surface area contributed by atoms with E-state index in [9.17, 15) is 14.5 Å². The van der Waals surface area contributed by atoms with Crippen molar-refractivity contribution in [1.29, 1.82) is 0 Å². The number of rotatable bonds is 11. The molecule has 0 fully saturated rings. The number of nitro groups is 1. The van der Waals surface area contributed by atoms with Crippen LogP contribution < -0.4 is 5.32 Å². The molecular weight excluding hydrogens is 279 g/mol. The van der Waals surface area contributed by atoms with Gasteiger partial charge in [0, 0.05) is 31.9 Å². The Kier molecular flexibility index (Phi) is 8.49. The molecule has 0 bridgehead atoms. The predicted molar refractivity (Wildman–Crippen MR) is 76.7 cm³/mol. The van der Waals surface area contributed by atoms with Crippen LogP contribution in [-0.4, -0.2) is 38.4 Å². The quantitative estimate of drug-likeness (QED) is 0.385. The van der Waals surface area contributed by atoms with Crippen molar-refractivity contribution in [2.45, 2.75) is 19.4 Å².